The lowest BCUT2D eigenvalue weighted by Gasteiger charge is -2.41. The molecule has 3 heteroatoms. The van der Waals surface area contributed by atoms with Gasteiger partial charge in [0.25, 0.3) is 0 Å². The molecule has 2 N–H and O–H groups in total. The number of nitrogens with zero attached hydrogens (tertiary/aromatic N) is 1. The maximum atomic E-state index is 13.4. The number of piperidine rings is 1. The summed E-state index contributed by atoms with van der Waals surface area (Å²) in [4.78, 5) is 2.48. The lowest BCUT2D eigenvalue weighted by molar-refractivity contribution is 0.103. The Bertz CT molecular complexity index is 407. The van der Waals surface area contributed by atoms with Crippen molar-refractivity contribution in [1.82, 2.24) is 4.90 Å². The molecule has 106 valence electrons. The summed E-state index contributed by atoms with van der Waals surface area (Å²) in [6.07, 6.45) is 3.18. The Morgan fingerprint density at radius 3 is 2.84 bits per heavy atom. The molecule has 0 aromatic heterocycles. The molecule has 3 unspecified atom stereocenters. The molecule has 0 radical (unpaired) electrons. The monoisotopic (exact) mass is 264 g/mol. The highest BCUT2D eigenvalue weighted by Gasteiger charge is 2.29. The summed E-state index contributed by atoms with van der Waals surface area (Å²) in [7, 11) is 0. The van der Waals surface area contributed by atoms with Crippen molar-refractivity contribution in [2.24, 2.45) is 11.7 Å². The van der Waals surface area contributed by atoms with Crippen molar-refractivity contribution in [2.45, 2.75) is 45.2 Å². The van der Waals surface area contributed by atoms with Gasteiger partial charge >= 0.3 is 0 Å². The number of hydrogen-bond donors (Lipinski definition) is 1. The van der Waals surface area contributed by atoms with Gasteiger partial charge in [-0.3, -0.25) is 4.90 Å². The molecule has 1 heterocycles. The van der Waals surface area contributed by atoms with Crippen molar-refractivity contribution in [1.29, 1.82) is 0 Å². The van der Waals surface area contributed by atoms with E-state index in [1.165, 1.54) is 6.07 Å². The van der Waals surface area contributed by atoms with Crippen LogP contribution in [0.4, 0.5) is 4.39 Å². The number of nitrogens with two attached hydrogens (primary N) is 1. The summed E-state index contributed by atoms with van der Waals surface area (Å²) in [5.74, 6) is 0.424. The lowest BCUT2D eigenvalue weighted by atomic mass is 9.88. The third-order valence-electron chi connectivity index (χ3n) is 4.41. The highest BCUT2D eigenvalue weighted by atomic mass is 19.1. The highest BCUT2D eigenvalue weighted by Crippen LogP contribution is 2.30. The van der Waals surface area contributed by atoms with Gasteiger partial charge in [-0.2, -0.15) is 0 Å². The maximum absolute atomic E-state index is 13.4. The van der Waals surface area contributed by atoms with E-state index in [4.69, 9.17) is 5.73 Å². The molecule has 19 heavy (non-hydrogen) atoms. The zero-order valence-corrected chi connectivity index (χ0v) is 12.0. The van der Waals surface area contributed by atoms with Crippen molar-refractivity contribution in [2.75, 3.05) is 13.1 Å². The standard InChI is InChI=1S/C16H25FN2/c1-3-12-11-19(9-8-15(12)18)16(4-2)13-6-5-7-14(17)10-13/h5-7,10,12,15-16H,3-4,8-9,11,18H2,1-2H3. The van der Waals surface area contributed by atoms with E-state index in [0.717, 1.165) is 37.9 Å². The fourth-order valence-corrected chi connectivity index (χ4v) is 3.21. The van der Waals surface area contributed by atoms with E-state index in [0.29, 0.717) is 18.0 Å². The van der Waals surface area contributed by atoms with Crippen molar-refractivity contribution < 1.29 is 4.39 Å². The van der Waals surface area contributed by atoms with Gasteiger partial charge in [0.15, 0.2) is 0 Å². The first-order valence-electron chi connectivity index (χ1n) is 7.40. The first-order valence-corrected chi connectivity index (χ1v) is 7.40. The van der Waals surface area contributed by atoms with E-state index >= 15 is 0 Å². The van der Waals surface area contributed by atoms with Crippen LogP contribution in [0.25, 0.3) is 0 Å². The van der Waals surface area contributed by atoms with E-state index in [-0.39, 0.29) is 5.82 Å². The van der Waals surface area contributed by atoms with Gasteiger partial charge in [-0.15, -0.1) is 0 Å². The Morgan fingerprint density at radius 2 is 2.21 bits per heavy atom. The van der Waals surface area contributed by atoms with Gasteiger partial charge in [0.1, 0.15) is 5.82 Å². The predicted molar refractivity (Wildman–Crippen MR) is 77.4 cm³/mol. The molecule has 0 saturated carbocycles. The Morgan fingerprint density at radius 1 is 1.42 bits per heavy atom. The van der Waals surface area contributed by atoms with E-state index in [2.05, 4.69) is 18.7 Å². The minimum Gasteiger partial charge on any atom is -0.327 e. The Kier molecular flexibility index (Phi) is 4.94. The molecule has 1 aliphatic heterocycles. The smallest absolute Gasteiger partial charge is 0.123 e. The number of halogens is 1. The molecule has 0 bridgehead atoms. The molecule has 0 aliphatic carbocycles. The number of hydrogen-bond acceptors (Lipinski definition) is 2. The van der Waals surface area contributed by atoms with E-state index in [9.17, 15) is 4.39 Å². The van der Waals surface area contributed by atoms with Crippen molar-refractivity contribution in [3.8, 4) is 0 Å². The molecule has 3 atom stereocenters. The summed E-state index contributed by atoms with van der Waals surface area (Å²) in [5.41, 5.74) is 7.26. The van der Waals surface area contributed by atoms with E-state index < -0.39 is 0 Å². The van der Waals surface area contributed by atoms with Gasteiger partial charge in [-0.25, -0.2) is 4.39 Å². The summed E-state index contributed by atoms with van der Waals surface area (Å²) in [5, 5.41) is 0. The third kappa shape index (κ3) is 3.34. The molecule has 1 saturated heterocycles. The minimum atomic E-state index is -0.142. The van der Waals surface area contributed by atoms with Crippen LogP contribution in [0.5, 0.6) is 0 Å². The van der Waals surface area contributed by atoms with Gasteiger partial charge < -0.3 is 5.73 Å². The van der Waals surface area contributed by atoms with Gasteiger partial charge in [0.05, 0.1) is 0 Å². The first kappa shape index (κ1) is 14.5. The topological polar surface area (TPSA) is 29.3 Å². The Labute approximate surface area is 115 Å². The van der Waals surface area contributed by atoms with Crippen molar-refractivity contribution >= 4 is 0 Å². The number of likely N-dealkylation sites (tertiary alicyclic amines) is 1. The average molecular weight is 264 g/mol. The summed E-state index contributed by atoms with van der Waals surface area (Å²) >= 11 is 0. The summed E-state index contributed by atoms with van der Waals surface area (Å²) in [6.45, 7) is 6.43. The van der Waals surface area contributed by atoms with Gasteiger partial charge in [-0.1, -0.05) is 32.4 Å². The molecule has 2 rings (SSSR count). The zero-order valence-electron chi connectivity index (χ0n) is 12.0. The summed E-state index contributed by atoms with van der Waals surface area (Å²) < 4.78 is 13.4. The van der Waals surface area contributed by atoms with Crippen LogP contribution in [0.3, 0.4) is 0 Å². The minimum absolute atomic E-state index is 0.142. The highest BCUT2D eigenvalue weighted by molar-refractivity contribution is 5.20. The van der Waals surface area contributed by atoms with Crippen LogP contribution in [0, 0.1) is 11.7 Å². The van der Waals surface area contributed by atoms with Crippen LogP contribution in [0.15, 0.2) is 24.3 Å². The van der Waals surface area contributed by atoms with Crippen LogP contribution < -0.4 is 5.73 Å². The normalized spacial score (nSPS) is 26.3. The Balaban J connectivity index is 2.14. The van der Waals surface area contributed by atoms with E-state index in [1.54, 1.807) is 12.1 Å². The first-order chi connectivity index (χ1) is 9.15. The molecule has 1 aromatic carbocycles. The van der Waals surface area contributed by atoms with Crippen LogP contribution in [0.2, 0.25) is 0 Å². The molecule has 1 fully saturated rings. The third-order valence-corrected chi connectivity index (χ3v) is 4.41. The largest absolute Gasteiger partial charge is 0.327 e. The van der Waals surface area contributed by atoms with Gasteiger partial charge in [0.2, 0.25) is 0 Å². The molecule has 2 nitrogen and oxygen atoms in total. The quantitative estimate of drug-likeness (QED) is 0.903. The lowest BCUT2D eigenvalue weighted by Crippen LogP contribution is -2.47. The number of rotatable bonds is 4. The second-order valence-electron chi connectivity index (χ2n) is 5.59. The van der Waals surface area contributed by atoms with Gasteiger partial charge in [-0.05, 0) is 36.5 Å². The van der Waals surface area contributed by atoms with Gasteiger partial charge in [0, 0.05) is 25.2 Å². The predicted octanol–water partition coefficient (Wildman–Crippen LogP) is 3.34. The van der Waals surface area contributed by atoms with E-state index in [1.807, 2.05) is 6.07 Å². The second kappa shape index (κ2) is 6.49. The maximum Gasteiger partial charge on any atom is 0.123 e. The molecule has 1 aromatic rings. The zero-order chi connectivity index (χ0) is 13.8. The molecular formula is C16H25FN2. The molecule has 0 amide bonds. The summed E-state index contributed by atoms with van der Waals surface area (Å²) in [6, 6.07) is 7.66. The van der Waals surface area contributed by atoms with Crippen LogP contribution in [0.1, 0.15) is 44.7 Å². The average Bonchev–Trinajstić information content (AvgIpc) is 2.41. The number of benzene rings is 1. The SMILES string of the molecule is CCC1CN(C(CC)c2cccc(F)c2)CCC1N. The van der Waals surface area contributed by atoms with Crippen molar-refractivity contribution in [3.05, 3.63) is 35.6 Å². The molecule has 0 spiro atoms. The van der Waals surface area contributed by atoms with Crippen LogP contribution in [-0.2, 0) is 0 Å². The van der Waals surface area contributed by atoms with Crippen molar-refractivity contribution in [3.63, 3.8) is 0 Å². The fraction of sp³-hybridized carbons (Fsp3) is 0.625. The molecule has 1 aliphatic rings. The second-order valence-corrected chi connectivity index (χ2v) is 5.59. The molecular weight excluding hydrogens is 239 g/mol. The fourth-order valence-electron chi connectivity index (χ4n) is 3.21. The Hall–Kier alpha value is -0.930. The van der Waals surface area contributed by atoms with Crippen LogP contribution in [-0.4, -0.2) is 24.0 Å². The van der Waals surface area contributed by atoms with Crippen LogP contribution >= 0.6 is 0 Å².